The van der Waals surface area contributed by atoms with Crippen LogP contribution in [0, 0.1) is 5.82 Å². The molecule has 102 valence electrons. The molecule has 1 aliphatic carbocycles. The van der Waals surface area contributed by atoms with Crippen LogP contribution in [0.4, 0.5) is 4.39 Å². The van der Waals surface area contributed by atoms with E-state index >= 15 is 0 Å². The van der Waals surface area contributed by atoms with Gasteiger partial charge in [-0.3, -0.25) is 4.79 Å². The molecule has 0 aliphatic heterocycles. The SMILES string of the molecule is CCCC1(CCC)C(=O)C=C(O)c2cc(F)ccc21. The zero-order valence-electron chi connectivity index (χ0n) is 11.4. The monoisotopic (exact) mass is 262 g/mol. The minimum absolute atomic E-state index is 0.0622. The number of halogens is 1. The van der Waals surface area contributed by atoms with Crippen molar-refractivity contribution in [2.24, 2.45) is 0 Å². The lowest BCUT2D eigenvalue weighted by molar-refractivity contribution is -0.120. The lowest BCUT2D eigenvalue weighted by Crippen LogP contribution is -2.38. The summed E-state index contributed by atoms with van der Waals surface area (Å²) in [4.78, 5) is 12.4. The van der Waals surface area contributed by atoms with E-state index in [4.69, 9.17) is 0 Å². The van der Waals surface area contributed by atoms with Crippen LogP contribution >= 0.6 is 0 Å². The van der Waals surface area contributed by atoms with Crippen LogP contribution in [0.25, 0.3) is 5.76 Å². The molecule has 0 spiro atoms. The Labute approximate surface area is 113 Å². The summed E-state index contributed by atoms with van der Waals surface area (Å²) in [5.74, 6) is -0.579. The van der Waals surface area contributed by atoms with Gasteiger partial charge in [-0.15, -0.1) is 0 Å². The second kappa shape index (κ2) is 5.16. The van der Waals surface area contributed by atoms with Crippen molar-refractivity contribution in [3.05, 3.63) is 41.2 Å². The predicted octanol–water partition coefficient (Wildman–Crippen LogP) is 4.15. The molecule has 1 aliphatic rings. The molecule has 0 unspecified atom stereocenters. The highest BCUT2D eigenvalue weighted by Crippen LogP contribution is 2.42. The molecule has 1 N–H and O–H groups in total. The molecule has 2 rings (SSSR count). The van der Waals surface area contributed by atoms with Crippen LogP contribution in [0.5, 0.6) is 0 Å². The molecule has 1 aromatic carbocycles. The fourth-order valence-electron chi connectivity index (χ4n) is 3.11. The zero-order chi connectivity index (χ0) is 14.0. The lowest BCUT2D eigenvalue weighted by Gasteiger charge is -2.36. The van der Waals surface area contributed by atoms with Crippen molar-refractivity contribution in [1.82, 2.24) is 0 Å². The summed E-state index contributed by atoms with van der Waals surface area (Å²) in [5, 5.41) is 9.90. The summed E-state index contributed by atoms with van der Waals surface area (Å²) < 4.78 is 13.4. The van der Waals surface area contributed by atoms with Crippen molar-refractivity contribution in [2.75, 3.05) is 0 Å². The van der Waals surface area contributed by atoms with E-state index in [1.807, 2.05) is 13.8 Å². The van der Waals surface area contributed by atoms with Gasteiger partial charge >= 0.3 is 0 Å². The maximum Gasteiger partial charge on any atom is 0.169 e. The number of carbonyl (C=O) groups excluding carboxylic acids is 1. The van der Waals surface area contributed by atoms with E-state index in [1.54, 1.807) is 6.07 Å². The third kappa shape index (κ3) is 2.18. The molecule has 0 saturated carbocycles. The molecule has 3 heteroatoms. The number of ketones is 1. The predicted molar refractivity (Wildman–Crippen MR) is 73.5 cm³/mol. The van der Waals surface area contributed by atoms with Gasteiger partial charge in [0.1, 0.15) is 11.6 Å². The van der Waals surface area contributed by atoms with E-state index in [1.165, 1.54) is 18.2 Å². The molecule has 0 radical (unpaired) electrons. The normalized spacial score (nSPS) is 17.0. The first-order valence-corrected chi connectivity index (χ1v) is 6.80. The first kappa shape index (κ1) is 13.8. The van der Waals surface area contributed by atoms with Crippen molar-refractivity contribution < 1.29 is 14.3 Å². The van der Waals surface area contributed by atoms with Gasteiger partial charge in [0.15, 0.2) is 5.78 Å². The van der Waals surface area contributed by atoms with E-state index in [2.05, 4.69) is 0 Å². The van der Waals surface area contributed by atoms with Crippen LogP contribution < -0.4 is 0 Å². The third-order valence-corrected chi connectivity index (χ3v) is 3.87. The van der Waals surface area contributed by atoms with Gasteiger partial charge in [0.05, 0.1) is 5.41 Å². The fourth-order valence-corrected chi connectivity index (χ4v) is 3.11. The Kier molecular flexibility index (Phi) is 3.74. The second-order valence-corrected chi connectivity index (χ2v) is 5.17. The maximum absolute atomic E-state index is 13.4. The van der Waals surface area contributed by atoms with Gasteiger partial charge in [-0.2, -0.15) is 0 Å². The van der Waals surface area contributed by atoms with Crippen LogP contribution in [-0.2, 0) is 10.2 Å². The Balaban J connectivity index is 2.65. The first-order valence-electron chi connectivity index (χ1n) is 6.80. The number of rotatable bonds is 4. The molecular formula is C16H19FO2. The number of carbonyl (C=O) groups is 1. The Bertz CT molecular complexity index is 526. The number of benzene rings is 1. The van der Waals surface area contributed by atoms with Gasteiger partial charge in [-0.1, -0.05) is 32.8 Å². The zero-order valence-corrected chi connectivity index (χ0v) is 11.4. The molecular weight excluding hydrogens is 243 g/mol. The first-order chi connectivity index (χ1) is 9.05. The van der Waals surface area contributed by atoms with Crippen molar-refractivity contribution >= 4 is 11.5 Å². The van der Waals surface area contributed by atoms with Crippen molar-refractivity contribution in [2.45, 2.75) is 44.9 Å². The quantitative estimate of drug-likeness (QED) is 0.885. The van der Waals surface area contributed by atoms with Crippen LogP contribution in [0.15, 0.2) is 24.3 Å². The standard InChI is InChI=1S/C16H19FO2/c1-3-7-16(8-4-2)13-6-5-11(17)9-12(13)14(18)10-15(16)19/h5-6,9-10,18H,3-4,7-8H2,1-2H3. The topological polar surface area (TPSA) is 37.3 Å². The summed E-state index contributed by atoms with van der Waals surface area (Å²) >= 11 is 0. The fraction of sp³-hybridized carbons (Fsp3) is 0.438. The maximum atomic E-state index is 13.4. The van der Waals surface area contributed by atoms with Gasteiger partial charge in [-0.05, 0) is 30.5 Å². The van der Waals surface area contributed by atoms with Crippen LogP contribution in [0.3, 0.4) is 0 Å². The highest BCUT2D eigenvalue weighted by Gasteiger charge is 2.42. The molecule has 0 amide bonds. The summed E-state index contributed by atoms with van der Waals surface area (Å²) in [7, 11) is 0. The van der Waals surface area contributed by atoms with Crippen molar-refractivity contribution in [3.63, 3.8) is 0 Å². The van der Waals surface area contributed by atoms with E-state index in [0.29, 0.717) is 5.56 Å². The molecule has 2 nitrogen and oxygen atoms in total. The highest BCUT2D eigenvalue weighted by molar-refractivity contribution is 6.06. The minimum atomic E-state index is -0.598. The van der Waals surface area contributed by atoms with Gasteiger partial charge in [0.2, 0.25) is 0 Å². The number of aliphatic hydroxyl groups excluding tert-OH is 1. The van der Waals surface area contributed by atoms with Crippen LogP contribution in [-0.4, -0.2) is 10.9 Å². The second-order valence-electron chi connectivity index (χ2n) is 5.17. The van der Waals surface area contributed by atoms with Crippen LogP contribution in [0.2, 0.25) is 0 Å². The molecule has 0 fully saturated rings. The molecule has 0 atom stereocenters. The van der Waals surface area contributed by atoms with E-state index < -0.39 is 11.2 Å². The minimum Gasteiger partial charge on any atom is -0.507 e. The smallest absolute Gasteiger partial charge is 0.169 e. The third-order valence-electron chi connectivity index (χ3n) is 3.87. The summed E-state index contributed by atoms with van der Waals surface area (Å²) in [6, 6.07) is 4.33. The van der Waals surface area contributed by atoms with Gasteiger partial charge in [0.25, 0.3) is 0 Å². The highest BCUT2D eigenvalue weighted by atomic mass is 19.1. The Hall–Kier alpha value is -1.64. The molecule has 0 heterocycles. The Morgan fingerprint density at radius 1 is 1.21 bits per heavy atom. The number of aliphatic hydroxyl groups is 1. The Morgan fingerprint density at radius 2 is 1.84 bits per heavy atom. The summed E-state index contributed by atoms with van der Waals surface area (Å²) in [5.41, 5.74) is 0.628. The van der Waals surface area contributed by atoms with Crippen molar-refractivity contribution in [3.8, 4) is 0 Å². The molecule has 1 aromatic rings. The average Bonchev–Trinajstić information content (AvgIpc) is 2.36. The number of hydrogen-bond donors (Lipinski definition) is 1. The number of hydrogen-bond acceptors (Lipinski definition) is 2. The Morgan fingerprint density at radius 3 is 2.42 bits per heavy atom. The largest absolute Gasteiger partial charge is 0.507 e. The van der Waals surface area contributed by atoms with Crippen LogP contribution in [0.1, 0.15) is 50.7 Å². The van der Waals surface area contributed by atoms with Gasteiger partial charge in [0, 0.05) is 11.6 Å². The lowest BCUT2D eigenvalue weighted by atomic mass is 9.66. The molecule has 0 saturated heterocycles. The van der Waals surface area contributed by atoms with E-state index in [9.17, 15) is 14.3 Å². The summed E-state index contributed by atoms with van der Waals surface area (Å²) in [6.45, 7) is 4.07. The van der Waals surface area contributed by atoms with Crippen molar-refractivity contribution in [1.29, 1.82) is 0 Å². The number of allylic oxidation sites excluding steroid dienone is 1. The molecule has 0 bridgehead atoms. The average molecular weight is 262 g/mol. The molecule has 0 aromatic heterocycles. The summed E-state index contributed by atoms with van der Waals surface area (Å²) in [6.07, 6.45) is 4.45. The van der Waals surface area contributed by atoms with Gasteiger partial charge in [-0.25, -0.2) is 4.39 Å². The number of fused-ring (bicyclic) bond motifs is 1. The van der Waals surface area contributed by atoms with E-state index in [0.717, 1.165) is 31.2 Å². The van der Waals surface area contributed by atoms with E-state index in [-0.39, 0.29) is 11.5 Å². The van der Waals surface area contributed by atoms with Gasteiger partial charge < -0.3 is 5.11 Å². The molecule has 19 heavy (non-hydrogen) atoms.